The molecule has 0 aromatic heterocycles. The summed E-state index contributed by atoms with van der Waals surface area (Å²) >= 11 is 5.73. The Morgan fingerprint density at radius 1 is 1.40 bits per heavy atom. The summed E-state index contributed by atoms with van der Waals surface area (Å²) in [5.74, 6) is -0.326. The average molecular weight is 230 g/mol. The summed E-state index contributed by atoms with van der Waals surface area (Å²) in [4.78, 5) is 0. The van der Waals surface area contributed by atoms with Crippen LogP contribution in [0.15, 0.2) is 18.2 Å². The second-order valence-corrected chi connectivity index (χ2v) is 4.51. The fraction of sp³-hybridized carbons (Fsp3) is 0.455. The zero-order chi connectivity index (χ0) is 10.9. The lowest BCUT2D eigenvalue weighted by atomic mass is 10.2. The number of benzene rings is 1. The third kappa shape index (κ3) is 2.68. The van der Waals surface area contributed by atoms with Crippen LogP contribution in [-0.4, -0.2) is 17.3 Å². The van der Waals surface area contributed by atoms with E-state index in [1.54, 1.807) is 6.07 Å². The molecule has 0 saturated heterocycles. The van der Waals surface area contributed by atoms with E-state index >= 15 is 0 Å². The molecule has 0 amide bonds. The minimum atomic E-state index is -0.326. The Morgan fingerprint density at radius 2 is 2.13 bits per heavy atom. The van der Waals surface area contributed by atoms with Crippen molar-refractivity contribution in [3.8, 4) is 0 Å². The van der Waals surface area contributed by atoms with Crippen molar-refractivity contribution < 1.29 is 9.50 Å². The van der Waals surface area contributed by atoms with E-state index in [-0.39, 0.29) is 18.0 Å². The second kappa shape index (κ2) is 4.08. The molecule has 0 radical (unpaired) electrons. The maximum atomic E-state index is 13.0. The Bertz CT molecular complexity index is 345. The highest BCUT2D eigenvalue weighted by Gasteiger charge is 2.41. The van der Waals surface area contributed by atoms with Crippen LogP contribution in [0.2, 0.25) is 5.02 Å². The van der Waals surface area contributed by atoms with Crippen molar-refractivity contribution in [2.45, 2.75) is 24.9 Å². The van der Waals surface area contributed by atoms with Crippen molar-refractivity contribution in [2.24, 2.45) is 0 Å². The maximum Gasteiger partial charge on any atom is 0.125 e. The zero-order valence-corrected chi connectivity index (χ0v) is 9.02. The van der Waals surface area contributed by atoms with E-state index in [4.69, 9.17) is 16.7 Å². The molecule has 0 aliphatic heterocycles. The van der Waals surface area contributed by atoms with E-state index in [0.717, 1.165) is 18.4 Å². The monoisotopic (exact) mass is 229 g/mol. The van der Waals surface area contributed by atoms with Crippen LogP contribution in [0.3, 0.4) is 0 Å². The first-order valence-electron chi connectivity index (χ1n) is 4.94. The molecule has 2 N–H and O–H groups in total. The van der Waals surface area contributed by atoms with E-state index < -0.39 is 0 Å². The number of aliphatic hydroxyl groups is 1. The normalized spacial score (nSPS) is 17.8. The van der Waals surface area contributed by atoms with Gasteiger partial charge in [0.2, 0.25) is 0 Å². The Morgan fingerprint density at radius 3 is 2.67 bits per heavy atom. The predicted octanol–water partition coefficient (Wildman–Crippen LogP) is 2.09. The molecule has 15 heavy (non-hydrogen) atoms. The van der Waals surface area contributed by atoms with Crippen LogP contribution in [0.1, 0.15) is 18.4 Å². The first-order chi connectivity index (χ1) is 7.13. The Balaban J connectivity index is 1.99. The molecule has 0 spiro atoms. The van der Waals surface area contributed by atoms with Gasteiger partial charge in [0.25, 0.3) is 0 Å². The number of hydrogen-bond acceptors (Lipinski definition) is 2. The number of nitrogens with one attached hydrogen (secondary N) is 1. The van der Waals surface area contributed by atoms with Gasteiger partial charge in [0.15, 0.2) is 0 Å². The quantitative estimate of drug-likeness (QED) is 0.829. The van der Waals surface area contributed by atoms with Gasteiger partial charge in [-0.2, -0.15) is 0 Å². The van der Waals surface area contributed by atoms with Gasteiger partial charge >= 0.3 is 0 Å². The highest BCUT2D eigenvalue weighted by molar-refractivity contribution is 6.30. The molecule has 1 fully saturated rings. The molecule has 4 heteroatoms. The molecule has 82 valence electrons. The van der Waals surface area contributed by atoms with Crippen molar-refractivity contribution >= 4 is 11.6 Å². The van der Waals surface area contributed by atoms with Gasteiger partial charge in [-0.25, -0.2) is 4.39 Å². The van der Waals surface area contributed by atoms with Gasteiger partial charge < -0.3 is 10.4 Å². The lowest BCUT2D eigenvalue weighted by molar-refractivity contribution is 0.229. The van der Waals surface area contributed by atoms with Crippen molar-refractivity contribution in [3.05, 3.63) is 34.6 Å². The van der Waals surface area contributed by atoms with E-state index in [9.17, 15) is 4.39 Å². The van der Waals surface area contributed by atoms with E-state index in [1.165, 1.54) is 12.1 Å². The first kappa shape index (κ1) is 10.9. The maximum absolute atomic E-state index is 13.0. The molecule has 1 aromatic rings. The van der Waals surface area contributed by atoms with E-state index in [2.05, 4.69) is 5.32 Å². The topological polar surface area (TPSA) is 32.3 Å². The molecule has 0 unspecified atom stereocenters. The fourth-order valence-corrected chi connectivity index (χ4v) is 1.79. The lowest BCUT2D eigenvalue weighted by Gasteiger charge is -2.14. The summed E-state index contributed by atoms with van der Waals surface area (Å²) in [6.07, 6.45) is 1.96. The summed E-state index contributed by atoms with van der Waals surface area (Å²) in [6.45, 7) is 0.675. The minimum Gasteiger partial charge on any atom is -0.394 e. The van der Waals surface area contributed by atoms with E-state index in [0.29, 0.717) is 11.6 Å². The smallest absolute Gasteiger partial charge is 0.125 e. The molecule has 1 aliphatic rings. The van der Waals surface area contributed by atoms with Crippen molar-refractivity contribution in [2.75, 3.05) is 6.61 Å². The van der Waals surface area contributed by atoms with Crippen LogP contribution in [-0.2, 0) is 6.54 Å². The van der Waals surface area contributed by atoms with Gasteiger partial charge in [0, 0.05) is 17.1 Å². The van der Waals surface area contributed by atoms with Gasteiger partial charge in [-0.1, -0.05) is 11.6 Å². The SMILES string of the molecule is OCC1(NCc2cc(F)cc(Cl)c2)CC1. The number of hydrogen-bond donors (Lipinski definition) is 2. The standard InChI is InChI=1S/C11H13ClFNO/c12-9-3-8(4-10(13)5-9)6-14-11(7-15)1-2-11/h3-5,14-15H,1-2,6-7H2. The number of aliphatic hydroxyl groups excluding tert-OH is 1. The van der Waals surface area contributed by atoms with Crippen molar-refractivity contribution in [3.63, 3.8) is 0 Å². The van der Waals surface area contributed by atoms with Crippen molar-refractivity contribution in [1.29, 1.82) is 0 Å². The highest BCUT2D eigenvalue weighted by Crippen LogP contribution is 2.34. The number of rotatable bonds is 4. The molecule has 1 aliphatic carbocycles. The summed E-state index contributed by atoms with van der Waals surface area (Å²) in [6, 6.07) is 4.46. The summed E-state index contributed by atoms with van der Waals surface area (Å²) in [5.41, 5.74) is 0.679. The fourth-order valence-electron chi connectivity index (χ4n) is 1.54. The molecule has 0 bridgehead atoms. The highest BCUT2D eigenvalue weighted by atomic mass is 35.5. The Kier molecular flexibility index (Phi) is 2.96. The van der Waals surface area contributed by atoms with Crippen LogP contribution >= 0.6 is 11.6 Å². The average Bonchev–Trinajstić information content (AvgIpc) is 2.94. The first-order valence-corrected chi connectivity index (χ1v) is 5.32. The molecule has 1 saturated carbocycles. The van der Waals surface area contributed by atoms with Gasteiger partial charge in [0.05, 0.1) is 6.61 Å². The van der Waals surface area contributed by atoms with Crippen LogP contribution in [0, 0.1) is 5.82 Å². The molecule has 1 aromatic carbocycles. The lowest BCUT2D eigenvalue weighted by Crippen LogP contribution is -2.34. The molecule has 2 nitrogen and oxygen atoms in total. The minimum absolute atomic E-state index is 0.126. The second-order valence-electron chi connectivity index (χ2n) is 4.07. The molecular weight excluding hydrogens is 217 g/mol. The summed E-state index contributed by atoms with van der Waals surface area (Å²) in [7, 11) is 0. The van der Waals surface area contributed by atoms with Crippen LogP contribution in [0.4, 0.5) is 4.39 Å². The molecule has 2 rings (SSSR count). The van der Waals surface area contributed by atoms with Crippen LogP contribution in [0.25, 0.3) is 0 Å². The third-order valence-electron chi connectivity index (χ3n) is 2.75. The van der Waals surface area contributed by atoms with Crippen LogP contribution < -0.4 is 5.32 Å². The van der Waals surface area contributed by atoms with Crippen molar-refractivity contribution in [1.82, 2.24) is 5.32 Å². The summed E-state index contributed by atoms with van der Waals surface area (Å²) < 4.78 is 13.0. The molecular formula is C11H13ClFNO. The molecule has 0 atom stereocenters. The van der Waals surface area contributed by atoms with E-state index in [1.807, 2.05) is 0 Å². The van der Waals surface area contributed by atoms with Gasteiger partial charge in [-0.05, 0) is 36.6 Å². The van der Waals surface area contributed by atoms with Crippen LogP contribution in [0.5, 0.6) is 0 Å². The zero-order valence-electron chi connectivity index (χ0n) is 8.26. The number of halogens is 2. The molecule has 0 heterocycles. The van der Waals surface area contributed by atoms with Gasteiger partial charge in [-0.15, -0.1) is 0 Å². The predicted molar refractivity (Wildman–Crippen MR) is 57.3 cm³/mol. The third-order valence-corrected chi connectivity index (χ3v) is 2.96. The Hall–Kier alpha value is -0.640. The van der Waals surface area contributed by atoms with Gasteiger partial charge in [-0.3, -0.25) is 0 Å². The summed E-state index contributed by atoms with van der Waals surface area (Å²) in [5, 5.41) is 12.7. The largest absolute Gasteiger partial charge is 0.394 e. The Labute approximate surface area is 93.1 Å². The van der Waals surface area contributed by atoms with Gasteiger partial charge in [0.1, 0.15) is 5.82 Å².